The number of rotatable bonds is 3. The molecule has 1 fully saturated rings. The van der Waals surface area contributed by atoms with Crippen molar-refractivity contribution in [3.63, 3.8) is 0 Å². The molecule has 3 nitrogen and oxygen atoms in total. The Balaban J connectivity index is 1.83. The van der Waals surface area contributed by atoms with Crippen LogP contribution in [0.1, 0.15) is 18.9 Å². The summed E-state index contributed by atoms with van der Waals surface area (Å²) in [5.74, 6) is 1.03. The number of hydrogen-bond acceptors (Lipinski definition) is 3. The smallest absolute Gasteiger partial charge is 0.115 e. The van der Waals surface area contributed by atoms with Gasteiger partial charge in [-0.15, -0.1) is 0 Å². The molecule has 1 aromatic rings. The van der Waals surface area contributed by atoms with Crippen LogP contribution < -0.4 is 5.32 Å². The maximum atomic E-state index is 9.22. The van der Waals surface area contributed by atoms with Gasteiger partial charge in [-0.05, 0) is 43.6 Å². The third-order valence-corrected chi connectivity index (χ3v) is 3.61. The van der Waals surface area contributed by atoms with Gasteiger partial charge in [0, 0.05) is 19.1 Å². The summed E-state index contributed by atoms with van der Waals surface area (Å²) < 4.78 is 0. The summed E-state index contributed by atoms with van der Waals surface area (Å²) in [5, 5.41) is 12.8. The summed E-state index contributed by atoms with van der Waals surface area (Å²) in [5.41, 5.74) is 1.23. The summed E-state index contributed by atoms with van der Waals surface area (Å²) in [7, 11) is 2.19. The standard InChI is InChI=1S/C14H22N2O/c1-11-10-16(2)8-7-14(11)15-9-12-3-5-13(17)6-4-12/h3-6,11,14-15,17H,7-10H2,1-2H3. The molecule has 0 bridgehead atoms. The average molecular weight is 234 g/mol. The molecule has 94 valence electrons. The van der Waals surface area contributed by atoms with E-state index in [9.17, 15) is 5.11 Å². The van der Waals surface area contributed by atoms with E-state index in [2.05, 4.69) is 24.2 Å². The van der Waals surface area contributed by atoms with E-state index in [1.165, 1.54) is 25.1 Å². The van der Waals surface area contributed by atoms with Gasteiger partial charge in [0.1, 0.15) is 5.75 Å². The Morgan fingerprint density at radius 1 is 1.35 bits per heavy atom. The maximum Gasteiger partial charge on any atom is 0.115 e. The molecule has 0 amide bonds. The van der Waals surface area contributed by atoms with Gasteiger partial charge >= 0.3 is 0 Å². The minimum atomic E-state index is 0.335. The van der Waals surface area contributed by atoms with Crippen LogP contribution >= 0.6 is 0 Å². The number of phenolic OH excluding ortho intramolecular Hbond substituents is 1. The van der Waals surface area contributed by atoms with Crippen molar-refractivity contribution in [3.8, 4) is 5.75 Å². The van der Waals surface area contributed by atoms with Crippen molar-refractivity contribution in [1.29, 1.82) is 0 Å². The normalized spacial score (nSPS) is 26.0. The second-order valence-corrected chi connectivity index (χ2v) is 5.18. The molecule has 1 aliphatic rings. The van der Waals surface area contributed by atoms with Gasteiger partial charge in [-0.1, -0.05) is 19.1 Å². The Hall–Kier alpha value is -1.06. The van der Waals surface area contributed by atoms with Crippen molar-refractivity contribution >= 4 is 0 Å². The van der Waals surface area contributed by atoms with E-state index >= 15 is 0 Å². The first-order valence-electron chi connectivity index (χ1n) is 6.35. The van der Waals surface area contributed by atoms with Crippen LogP contribution in [-0.4, -0.2) is 36.2 Å². The Morgan fingerprint density at radius 2 is 2.06 bits per heavy atom. The molecule has 0 saturated carbocycles. The van der Waals surface area contributed by atoms with Crippen molar-refractivity contribution < 1.29 is 5.11 Å². The predicted molar refractivity (Wildman–Crippen MR) is 70.0 cm³/mol. The molecule has 1 aromatic carbocycles. The van der Waals surface area contributed by atoms with Gasteiger partial charge in [-0.25, -0.2) is 0 Å². The van der Waals surface area contributed by atoms with Gasteiger partial charge in [0.25, 0.3) is 0 Å². The lowest BCUT2D eigenvalue weighted by molar-refractivity contribution is 0.174. The second-order valence-electron chi connectivity index (χ2n) is 5.18. The van der Waals surface area contributed by atoms with E-state index in [0.717, 1.165) is 6.54 Å². The van der Waals surface area contributed by atoms with Gasteiger partial charge in [0.15, 0.2) is 0 Å². The summed E-state index contributed by atoms with van der Waals surface area (Å²) in [4.78, 5) is 2.39. The van der Waals surface area contributed by atoms with Gasteiger partial charge in [0.05, 0.1) is 0 Å². The van der Waals surface area contributed by atoms with Crippen LogP contribution in [0.15, 0.2) is 24.3 Å². The number of phenols is 1. The predicted octanol–water partition coefficient (Wildman–Crippen LogP) is 1.82. The highest BCUT2D eigenvalue weighted by Crippen LogP contribution is 2.16. The van der Waals surface area contributed by atoms with Gasteiger partial charge in [0.2, 0.25) is 0 Å². The van der Waals surface area contributed by atoms with E-state index in [4.69, 9.17) is 0 Å². The van der Waals surface area contributed by atoms with E-state index in [-0.39, 0.29) is 0 Å². The first-order valence-corrected chi connectivity index (χ1v) is 6.35. The SMILES string of the molecule is CC1CN(C)CCC1NCc1ccc(O)cc1. The average Bonchev–Trinajstić information content (AvgIpc) is 2.30. The molecule has 2 N–H and O–H groups in total. The second kappa shape index (κ2) is 5.52. The maximum absolute atomic E-state index is 9.22. The van der Waals surface area contributed by atoms with Crippen molar-refractivity contribution in [2.45, 2.75) is 25.9 Å². The van der Waals surface area contributed by atoms with Crippen molar-refractivity contribution in [1.82, 2.24) is 10.2 Å². The summed E-state index contributed by atoms with van der Waals surface area (Å²) in [6, 6.07) is 8.05. The van der Waals surface area contributed by atoms with Crippen LogP contribution in [0.5, 0.6) is 5.75 Å². The largest absolute Gasteiger partial charge is 0.508 e. The summed E-state index contributed by atoms with van der Waals surface area (Å²) in [6.07, 6.45) is 1.22. The zero-order chi connectivity index (χ0) is 12.3. The van der Waals surface area contributed by atoms with E-state index in [1.54, 1.807) is 12.1 Å². The molecular weight excluding hydrogens is 212 g/mol. The van der Waals surface area contributed by atoms with E-state index in [1.807, 2.05) is 12.1 Å². The minimum absolute atomic E-state index is 0.335. The van der Waals surface area contributed by atoms with E-state index in [0.29, 0.717) is 17.7 Å². The highest BCUT2D eigenvalue weighted by molar-refractivity contribution is 5.25. The fourth-order valence-electron chi connectivity index (χ4n) is 2.52. The monoisotopic (exact) mass is 234 g/mol. The molecule has 0 radical (unpaired) electrons. The third-order valence-electron chi connectivity index (χ3n) is 3.61. The molecule has 1 heterocycles. The van der Waals surface area contributed by atoms with Gasteiger partial charge in [-0.3, -0.25) is 0 Å². The molecule has 1 saturated heterocycles. The molecule has 3 heteroatoms. The minimum Gasteiger partial charge on any atom is -0.508 e. The van der Waals surface area contributed by atoms with Crippen LogP contribution in [0.25, 0.3) is 0 Å². The lowest BCUT2D eigenvalue weighted by Crippen LogP contribution is -2.46. The number of likely N-dealkylation sites (tertiary alicyclic amines) is 1. The molecule has 1 aliphatic heterocycles. The Bertz CT molecular complexity index is 350. The topological polar surface area (TPSA) is 35.5 Å². The quantitative estimate of drug-likeness (QED) is 0.837. The van der Waals surface area contributed by atoms with Crippen molar-refractivity contribution in [3.05, 3.63) is 29.8 Å². The number of piperidine rings is 1. The zero-order valence-electron chi connectivity index (χ0n) is 10.7. The molecule has 2 atom stereocenters. The number of nitrogens with zero attached hydrogens (tertiary/aromatic N) is 1. The first-order chi connectivity index (χ1) is 8.15. The van der Waals surface area contributed by atoms with Crippen LogP contribution in [-0.2, 0) is 6.54 Å². The molecular formula is C14H22N2O. The van der Waals surface area contributed by atoms with E-state index < -0.39 is 0 Å². The van der Waals surface area contributed by atoms with Crippen molar-refractivity contribution in [2.24, 2.45) is 5.92 Å². The molecule has 0 spiro atoms. The highest BCUT2D eigenvalue weighted by atomic mass is 16.3. The fraction of sp³-hybridized carbons (Fsp3) is 0.571. The van der Waals surface area contributed by atoms with Crippen molar-refractivity contribution in [2.75, 3.05) is 20.1 Å². The molecule has 2 unspecified atom stereocenters. The Labute approximate surface area is 103 Å². The number of benzene rings is 1. The molecule has 2 rings (SSSR count). The van der Waals surface area contributed by atoms with Crippen LogP contribution in [0.2, 0.25) is 0 Å². The summed E-state index contributed by atoms with van der Waals surface area (Å²) in [6.45, 7) is 5.55. The molecule has 0 aliphatic carbocycles. The highest BCUT2D eigenvalue weighted by Gasteiger charge is 2.23. The van der Waals surface area contributed by atoms with Gasteiger partial charge < -0.3 is 15.3 Å². The van der Waals surface area contributed by atoms with Crippen LogP contribution in [0.4, 0.5) is 0 Å². The third kappa shape index (κ3) is 3.45. The fourth-order valence-corrected chi connectivity index (χ4v) is 2.52. The summed E-state index contributed by atoms with van der Waals surface area (Å²) >= 11 is 0. The Kier molecular flexibility index (Phi) is 4.02. The van der Waals surface area contributed by atoms with Crippen LogP contribution in [0.3, 0.4) is 0 Å². The number of hydrogen-bond donors (Lipinski definition) is 2. The van der Waals surface area contributed by atoms with Crippen LogP contribution in [0, 0.1) is 5.92 Å². The Morgan fingerprint density at radius 3 is 2.71 bits per heavy atom. The molecule has 0 aromatic heterocycles. The lowest BCUT2D eigenvalue weighted by atomic mass is 9.94. The number of nitrogens with one attached hydrogen (secondary N) is 1. The van der Waals surface area contributed by atoms with Gasteiger partial charge in [-0.2, -0.15) is 0 Å². The zero-order valence-corrected chi connectivity index (χ0v) is 10.7. The lowest BCUT2D eigenvalue weighted by Gasteiger charge is -2.35. The first kappa shape index (κ1) is 12.4. The number of aromatic hydroxyl groups is 1. The molecule has 17 heavy (non-hydrogen) atoms.